The summed E-state index contributed by atoms with van der Waals surface area (Å²) in [5, 5.41) is 3.94. The second-order valence-corrected chi connectivity index (χ2v) is 5.12. The molecule has 0 heterocycles. The number of nitrogens with one attached hydrogen (secondary N) is 1. The SMILES string of the molecule is CCOc1ccc(C(=O)NN=Cc2ccc(Br)cc2)cc1. The van der Waals surface area contributed by atoms with Crippen molar-refractivity contribution >= 4 is 28.1 Å². The molecule has 2 aromatic rings. The van der Waals surface area contributed by atoms with E-state index in [-0.39, 0.29) is 5.91 Å². The van der Waals surface area contributed by atoms with Gasteiger partial charge in [-0.2, -0.15) is 5.10 Å². The first kappa shape index (κ1) is 15.3. The lowest BCUT2D eigenvalue weighted by Crippen LogP contribution is -2.17. The largest absolute Gasteiger partial charge is 0.494 e. The number of benzene rings is 2. The number of rotatable bonds is 5. The van der Waals surface area contributed by atoms with E-state index in [0.717, 1.165) is 15.8 Å². The lowest BCUT2D eigenvalue weighted by molar-refractivity contribution is 0.0955. The van der Waals surface area contributed by atoms with Crippen LogP contribution >= 0.6 is 15.9 Å². The van der Waals surface area contributed by atoms with Crippen molar-refractivity contribution in [2.75, 3.05) is 6.61 Å². The maximum atomic E-state index is 11.9. The molecule has 2 rings (SSSR count). The van der Waals surface area contributed by atoms with Crippen molar-refractivity contribution < 1.29 is 9.53 Å². The van der Waals surface area contributed by atoms with Crippen LogP contribution in [0.2, 0.25) is 0 Å². The second-order valence-electron chi connectivity index (χ2n) is 4.21. The molecule has 108 valence electrons. The zero-order valence-electron chi connectivity index (χ0n) is 11.5. The van der Waals surface area contributed by atoms with E-state index in [1.54, 1.807) is 30.5 Å². The number of hydrogen-bond acceptors (Lipinski definition) is 3. The van der Waals surface area contributed by atoms with Gasteiger partial charge in [-0.1, -0.05) is 28.1 Å². The fourth-order valence-corrected chi connectivity index (χ4v) is 1.91. The summed E-state index contributed by atoms with van der Waals surface area (Å²) in [6.45, 7) is 2.51. The highest BCUT2D eigenvalue weighted by Crippen LogP contribution is 2.12. The molecule has 1 N–H and O–H groups in total. The summed E-state index contributed by atoms with van der Waals surface area (Å²) in [6.07, 6.45) is 1.60. The fourth-order valence-electron chi connectivity index (χ4n) is 1.65. The lowest BCUT2D eigenvalue weighted by Gasteiger charge is -2.04. The van der Waals surface area contributed by atoms with Crippen LogP contribution < -0.4 is 10.2 Å². The predicted octanol–water partition coefficient (Wildman–Crippen LogP) is 3.61. The summed E-state index contributed by atoms with van der Waals surface area (Å²) in [5.74, 6) is 0.485. The zero-order valence-corrected chi connectivity index (χ0v) is 13.1. The molecule has 4 nitrogen and oxygen atoms in total. The molecule has 5 heteroatoms. The number of carbonyl (C=O) groups excluding carboxylic acids is 1. The van der Waals surface area contributed by atoms with Crippen molar-refractivity contribution in [2.24, 2.45) is 5.10 Å². The summed E-state index contributed by atoms with van der Waals surface area (Å²) in [6, 6.07) is 14.6. The molecule has 0 unspecified atom stereocenters. The van der Waals surface area contributed by atoms with Crippen molar-refractivity contribution in [1.29, 1.82) is 0 Å². The molecule has 0 aliphatic heterocycles. The molecule has 2 aromatic carbocycles. The molecule has 1 amide bonds. The quantitative estimate of drug-likeness (QED) is 0.664. The summed E-state index contributed by atoms with van der Waals surface area (Å²) >= 11 is 3.36. The first-order chi connectivity index (χ1) is 10.2. The van der Waals surface area contributed by atoms with Crippen molar-refractivity contribution in [1.82, 2.24) is 5.43 Å². The highest BCUT2D eigenvalue weighted by atomic mass is 79.9. The van der Waals surface area contributed by atoms with Crippen LogP contribution in [0.25, 0.3) is 0 Å². The Morgan fingerprint density at radius 2 is 1.86 bits per heavy atom. The molecule has 0 bridgehead atoms. The van der Waals surface area contributed by atoms with E-state index in [2.05, 4.69) is 26.5 Å². The Bertz CT molecular complexity index is 622. The third-order valence-corrected chi connectivity index (χ3v) is 3.21. The summed E-state index contributed by atoms with van der Waals surface area (Å²) in [4.78, 5) is 11.9. The van der Waals surface area contributed by atoms with E-state index < -0.39 is 0 Å². The van der Waals surface area contributed by atoms with Crippen LogP contribution in [0.15, 0.2) is 58.1 Å². The molecule has 0 spiro atoms. The van der Waals surface area contributed by atoms with Gasteiger partial charge in [-0.15, -0.1) is 0 Å². The third-order valence-electron chi connectivity index (χ3n) is 2.68. The minimum atomic E-state index is -0.258. The number of hydrazone groups is 1. The van der Waals surface area contributed by atoms with Crippen LogP contribution in [0.4, 0.5) is 0 Å². The van der Waals surface area contributed by atoms with Crippen LogP contribution in [0.5, 0.6) is 5.75 Å². The van der Waals surface area contributed by atoms with Crippen molar-refractivity contribution in [3.63, 3.8) is 0 Å². The lowest BCUT2D eigenvalue weighted by atomic mass is 10.2. The first-order valence-electron chi connectivity index (χ1n) is 6.51. The van der Waals surface area contributed by atoms with Gasteiger partial charge in [-0.05, 0) is 48.9 Å². The molecule has 0 saturated carbocycles. The number of amides is 1. The average molecular weight is 347 g/mol. The van der Waals surface area contributed by atoms with Gasteiger partial charge in [0, 0.05) is 10.0 Å². The molecule has 0 fully saturated rings. The van der Waals surface area contributed by atoms with E-state index in [9.17, 15) is 4.79 Å². The summed E-state index contributed by atoms with van der Waals surface area (Å²) in [7, 11) is 0. The Morgan fingerprint density at radius 3 is 2.48 bits per heavy atom. The number of halogens is 1. The van der Waals surface area contributed by atoms with Gasteiger partial charge in [-0.3, -0.25) is 4.79 Å². The third kappa shape index (κ3) is 4.72. The Balaban J connectivity index is 1.93. The van der Waals surface area contributed by atoms with E-state index in [1.807, 2.05) is 31.2 Å². The Morgan fingerprint density at radius 1 is 1.19 bits per heavy atom. The topological polar surface area (TPSA) is 50.7 Å². The predicted molar refractivity (Wildman–Crippen MR) is 86.8 cm³/mol. The Kier molecular flexibility index (Phi) is 5.51. The smallest absolute Gasteiger partial charge is 0.271 e. The Hall–Kier alpha value is -2.14. The minimum absolute atomic E-state index is 0.258. The normalized spacial score (nSPS) is 10.6. The minimum Gasteiger partial charge on any atom is -0.494 e. The average Bonchev–Trinajstić information content (AvgIpc) is 2.50. The van der Waals surface area contributed by atoms with Gasteiger partial charge in [0.25, 0.3) is 5.91 Å². The van der Waals surface area contributed by atoms with Gasteiger partial charge in [0.15, 0.2) is 0 Å². The van der Waals surface area contributed by atoms with Crippen LogP contribution in [-0.4, -0.2) is 18.7 Å². The van der Waals surface area contributed by atoms with E-state index >= 15 is 0 Å². The zero-order chi connectivity index (χ0) is 15.1. The van der Waals surface area contributed by atoms with E-state index in [0.29, 0.717) is 12.2 Å². The molecule has 0 atom stereocenters. The monoisotopic (exact) mass is 346 g/mol. The van der Waals surface area contributed by atoms with Gasteiger partial charge in [0.2, 0.25) is 0 Å². The van der Waals surface area contributed by atoms with Crippen molar-refractivity contribution in [3.05, 3.63) is 64.1 Å². The van der Waals surface area contributed by atoms with Crippen LogP contribution in [0, 0.1) is 0 Å². The molecule has 0 aromatic heterocycles. The number of hydrogen-bond donors (Lipinski definition) is 1. The van der Waals surface area contributed by atoms with Crippen molar-refractivity contribution in [2.45, 2.75) is 6.92 Å². The highest BCUT2D eigenvalue weighted by molar-refractivity contribution is 9.10. The van der Waals surface area contributed by atoms with E-state index in [4.69, 9.17) is 4.74 Å². The second kappa shape index (κ2) is 7.59. The van der Waals surface area contributed by atoms with E-state index in [1.165, 1.54) is 0 Å². The number of ether oxygens (including phenoxy) is 1. The van der Waals surface area contributed by atoms with Gasteiger partial charge in [-0.25, -0.2) is 5.43 Å². The molecule has 0 saturated heterocycles. The van der Waals surface area contributed by atoms with Gasteiger partial charge >= 0.3 is 0 Å². The molecule has 21 heavy (non-hydrogen) atoms. The molecule has 0 aliphatic carbocycles. The molecular weight excluding hydrogens is 332 g/mol. The molecule has 0 radical (unpaired) electrons. The number of carbonyl (C=O) groups is 1. The van der Waals surface area contributed by atoms with Crippen molar-refractivity contribution in [3.8, 4) is 5.75 Å². The molecular formula is C16H15BrN2O2. The van der Waals surface area contributed by atoms with Gasteiger partial charge in [0.05, 0.1) is 12.8 Å². The van der Waals surface area contributed by atoms with Gasteiger partial charge in [0.1, 0.15) is 5.75 Å². The standard InChI is InChI=1S/C16H15BrN2O2/c1-2-21-15-9-5-13(6-10-15)16(20)19-18-11-12-3-7-14(17)8-4-12/h3-11H,2H2,1H3,(H,19,20). The van der Waals surface area contributed by atoms with Crippen LogP contribution in [-0.2, 0) is 0 Å². The first-order valence-corrected chi connectivity index (χ1v) is 7.30. The summed E-state index contributed by atoms with van der Waals surface area (Å²) in [5.41, 5.74) is 3.93. The molecule has 0 aliphatic rings. The van der Waals surface area contributed by atoms with Gasteiger partial charge < -0.3 is 4.74 Å². The maximum absolute atomic E-state index is 11.9. The van der Waals surface area contributed by atoms with Crippen LogP contribution in [0.1, 0.15) is 22.8 Å². The maximum Gasteiger partial charge on any atom is 0.271 e. The van der Waals surface area contributed by atoms with Crippen LogP contribution in [0.3, 0.4) is 0 Å². The highest BCUT2D eigenvalue weighted by Gasteiger charge is 2.03. The number of nitrogens with zero attached hydrogens (tertiary/aromatic N) is 1. The Labute approximate surface area is 132 Å². The fraction of sp³-hybridized carbons (Fsp3) is 0.125. The summed E-state index contributed by atoms with van der Waals surface area (Å²) < 4.78 is 6.32.